The lowest BCUT2D eigenvalue weighted by atomic mass is 9.98. The number of hydrogen-bond acceptors (Lipinski definition) is 3. The molecule has 2 rings (SSSR count). The van der Waals surface area contributed by atoms with Gasteiger partial charge in [0.25, 0.3) is 0 Å². The van der Waals surface area contributed by atoms with Crippen molar-refractivity contribution >= 4 is 44.6 Å². The van der Waals surface area contributed by atoms with Crippen molar-refractivity contribution in [1.29, 1.82) is 0 Å². The molecule has 0 saturated heterocycles. The van der Waals surface area contributed by atoms with Gasteiger partial charge in [-0.15, -0.1) is 11.3 Å². The highest BCUT2D eigenvalue weighted by Crippen LogP contribution is 2.28. The maximum Gasteiger partial charge on any atom is 0.0981 e. The quantitative estimate of drug-likeness (QED) is 0.786. The minimum atomic E-state index is 0.117. The molecule has 0 spiro atoms. The predicted molar refractivity (Wildman–Crippen MR) is 87.3 cm³/mol. The Morgan fingerprint density at radius 3 is 2.68 bits per heavy atom. The van der Waals surface area contributed by atoms with E-state index in [1.54, 1.807) is 11.3 Å². The molecule has 0 bridgehead atoms. The monoisotopic (exact) mass is 358 g/mol. The number of aromatic nitrogens is 1. The molecule has 2 nitrogen and oxygen atoms in total. The summed E-state index contributed by atoms with van der Waals surface area (Å²) in [6, 6.07) is 5.83. The lowest BCUT2D eigenvalue weighted by Crippen LogP contribution is -2.09. The smallest absolute Gasteiger partial charge is 0.0981 e. The lowest BCUT2D eigenvalue weighted by Gasteiger charge is -2.13. The Kier molecular flexibility index (Phi) is 4.54. The summed E-state index contributed by atoms with van der Waals surface area (Å²) in [5.41, 5.74) is 1.16. The summed E-state index contributed by atoms with van der Waals surface area (Å²) in [4.78, 5) is 5.71. The maximum atomic E-state index is 5.97. The molecular weight excluding hydrogens is 344 g/mol. The molecule has 19 heavy (non-hydrogen) atoms. The molecule has 1 heterocycles. The molecule has 1 aromatic heterocycles. The minimum absolute atomic E-state index is 0.117. The summed E-state index contributed by atoms with van der Waals surface area (Å²) < 4.78 is 0.902. The Bertz CT molecular complexity index is 575. The van der Waals surface area contributed by atoms with Gasteiger partial charge >= 0.3 is 0 Å². The first-order chi connectivity index (χ1) is 8.86. The molecule has 2 aromatic rings. The number of thiazole rings is 1. The van der Waals surface area contributed by atoms with Gasteiger partial charge in [-0.2, -0.15) is 0 Å². The van der Waals surface area contributed by atoms with E-state index < -0.39 is 0 Å². The van der Waals surface area contributed by atoms with E-state index in [2.05, 4.69) is 47.0 Å². The molecular formula is C14H16BrClN2S. The zero-order valence-electron chi connectivity index (χ0n) is 11.1. The molecule has 0 radical (unpaired) electrons. The van der Waals surface area contributed by atoms with Crippen molar-refractivity contribution in [3.05, 3.63) is 43.8 Å². The Hall–Kier alpha value is -0.580. The highest BCUT2D eigenvalue weighted by molar-refractivity contribution is 9.10. The van der Waals surface area contributed by atoms with Gasteiger partial charge in [0.1, 0.15) is 0 Å². The van der Waals surface area contributed by atoms with E-state index in [1.807, 2.05) is 24.4 Å². The van der Waals surface area contributed by atoms with Crippen LogP contribution in [-0.4, -0.2) is 4.98 Å². The van der Waals surface area contributed by atoms with Crippen LogP contribution in [0.1, 0.15) is 30.7 Å². The topological polar surface area (TPSA) is 24.9 Å². The summed E-state index contributed by atoms with van der Waals surface area (Å²) in [5.74, 6) is 0. The zero-order valence-corrected chi connectivity index (χ0v) is 14.3. The third kappa shape index (κ3) is 3.94. The van der Waals surface area contributed by atoms with Gasteiger partial charge in [0.2, 0.25) is 0 Å². The molecule has 0 amide bonds. The van der Waals surface area contributed by atoms with Crippen LogP contribution in [-0.2, 0) is 12.0 Å². The van der Waals surface area contributed by atoms with Gasteiger partial charge in [-0.05, 0) is 34.1 Å². The van der Waals surface area contributed by atoms with Crippen molar-refractivity contribution in [1.82, 2.24) is 4.98 Å². The SMILES string of the molecule is CC(C)(C)c1ncc(CNc2ccc(Cl)c(Br)c2)s1. The molecule has 1 aromatic carbocycles. The number of hydrogen-bond donors (Lipinski definition) is 1. The summed E-state index contributed by atoms with van der Waals surface area (Å²) >= 11 is 11.1. The molecule has 0 aliphatic heterocycles. The van der Waals surface area contributed by atoms with Gasteiger partial charge < -0.3 is 5.32 Å². The summed E-state index contributed by atoms with van der Waals surface area (Å²) in [5, 5.41) is 5.26. The average Bonchev–Trinajstić information content (AvgIpc) is 2.79. The number of benzene rings is 1. The Morgan fingerprint density at radius 1 is 1.37 bits per heavy atom. The fourth-order valence-corrected chi connectivity index (χ4v) is 2.94. The van der Waals surface area contributed by atoms with E-state index in [4.69, 9.17) is 11.6 Å². The first-order valence-corrected chi connectivity index (χ1v) is 7.99. The van der Waals surface area contributed by atoms with Crippen LogP contribution in [0.2, 0.25) is 5.02 Å². The Labute approximate surface area is 131 Å². The summed E-state index contributed by atoms with van der Waals surface area (Å²) in [6.45, 7) is 7.32. The second kappa shape index (κ2) is 5.81. The van der Waals surface area contributed by atoms with Crippen molar-refractivity contribution in [2.75, 3.05) is 5.32 Å². The molecule has 0 saturated carbocycles. The molecule has 102 valence electrons. The predicted octanol–water partition coefficient (Wildman–Crippen LogP) is 5.47. The maximum absolute atomic E-state index is 5.97. The van der Waals surface area contributed by atoms with E-state index >= 15 is 0 Å². The number of anilines is 1. The third-order valence-corrected chi connectivity index (χ3v) is 5.22. The highest BCUT2D eigenvalue weighted by atomic mass is 79.9. The molecule has 5 heteroatoms. The molecule has 1 N–H and O–H groups in total. The molecule has 0 aliphatic rings. The lowest BCUT2D eigenvalue weighted by molar-refractivity contribution is 0.585. The van der Waals surface area contributed by atoms with Gasteiger partial charge in [0.05, 0.1) is 16.6 Å². The van der Waals surface area contributed by atoms with Crippen molar-refractivity contribution in [3.63, 3.8) is 0 Å². The molecule has 0 unspecified atom stereocenters. The second-order valence-corrected chi connectivity index (χ2v) is 7.74. The third-order valence-electron chi connectivity index (χ3n) is 2.58. The molecule has 0 aliphatic carbocycles. The van der Waals surface area contributed by atoms with Crippen LogP contribution in [0.3, 0.4) is 0 Å². The number of halogens is 2. The van der Waals surface area contributed by atoms with E-state index in [9.17, 15) is 0 Å². The van der Waals surface area contributed by atoms with Crippen LogP contribution in [0.5, 0.6) is 0 Å². The molecule has 0 fully saturated rings. The fraction of sp³-hybridized carbons (Fsp3) is 0.357. The minimum Gasteiger partial charge on any atom is -0.380 e. The van der Waals surface area contributed by atoms with E-state index in [0.717, 1.165) is 21.7 Å². The van der Waals surface area contributed by atoms with E-state index in [0.29, 0.717) is 0 Å². The van der Waals surface area contributed by atoms with E-state index in [1.165, 1.54) is 9.88 Å². The van der Waals surface area contributed by atoms with E-state index in [-0.39, 0.29) is 5.41 Å². The van der Waals surface area contributed by atoms with Crippen molar-refractivity contribution < 1.29 is 0 Å². The number of nitrogens with zero attached hydrogens (tertiary/aromatic N) is 1. The standard InChI is InChI=1S/C14H16BrClN2S/c1-14(2,3)13-18-8-10(19-13)7-17-9-4-5-12(16)11(15)6-9/h4-6,8,17H,7H2,1-3H3. The van der Waals surface area contributed by atoms with Gasteiger partial charge in [-0.1, -0.05) is 32.4 Å². The van der Waals surface area contributed by atoms with Crippen LogP contribution in [0.15, 0.2) is 28.9 Å². The van der Waals surface area contributed by atoms with Gasteiger partial charge in [-0.3, -0.25) is 0 Å². The van der Waals surface area contributed by atoms with Crippen LogP contribution in [0, 0.1) is 0 Å². The van der Waals surface area contributed by atoms with Crippen molar-refractivity contribution in [2.24, 2.45) is 0 Å². The largest absolute Gasteiger partial charge is 0.380 e. The Balaban J connectivity index is 2.02. The Morgan fingerprint density at radius 2 is 2.11 bits per heavy atom. The summed E-state index contributed by atoms with van der Waals surface area (Å²) in [6.07, 6.45) is 1.95. The fourth-order valence-electron chi connectivity index (χ4n) is 1.53. The normalized spacial score (nSPS) is 11.6. The molecule has 0 atom stereocenters. The number of nitrogens with one attached hydrogen (secondary N) is 1. The van der Waals surface area contributed by atoms with Gasteiger partial charge in [0.15, 0.2) is 0 Å². The number of rotatable bonds is 3. The van der Waals surface area contributed by atoms with Gasteiger partial charge in [-0.25, -0.2) is 4.98 Å². The van der Waals surface area contributed by atoms with Crippen molar-refractivity contribution in [3.8, 4) is 0 Å². The summed E-state index contributed by atoms with van der Waals surface area (Å²) in [7, 11) is 0. The highest BCUT2D eigenvalue weighted by Gasteiger charge is 2.17. The van der Waals surface area contributed by atoms with Crippen LogP contribution >= 0.6 is 38.9 Å². The van der Waals surface area contributed by atoms with Crippen molar-refractivity contribution in [2.45, 2.75) is 32.7 Å². The van der Waals surface area contributed by atoms with Gasteiger partial charge in [0, 0.05) is 26.6 Å². The second-order valence-electron chi connectivity index (χ2n) is 5.36. The average molecular weight is 360 g/mol. The first kappa shape index (κ1) is 14.8. The van der Waals surface area contributed by atoms with Crippen LogP contribution in [0.4, 0.5) is 5.69 Å². The van der Waals surface area contributed by atoms with Crippen LogP contribution < -0.4 is 5.32 Å². The first-order valence-electron chi connectivity index (χ1n) is 6.00. The zero-order chi connectivity index (χ0) is 14.0. The van der Waals surface area contributed by atoms with Crippen LogP contribution in [0.25, 0.3) is 0 Å².